The maximum absolute atomic E-state index is 8.89. The first-order valence-electron chi connectivity index (χ1n) is 9.48. The highest BCUT2D eigenvalue weighted by Crippen LogP contribution is 2.18. The lowest BCUT2D eigenvalue weighted by atomic mass is 10.2. The van der Waals surface area contributed by atoms with Crippen molar-refractivity contribution in [3.05, 3.63) is 96.1 Å². The normalized spacial score (nSPS) is 10.4. The molecular weight excluding hydrogens is 388 g/mol. The molecule has 0 saturated carbocycles. The number of para-hydroxylation sites is 2. The predicted molar refractivity (Wildman–Crippen MR) is 122 cm³/mol. The molecular formula is C23H18N8. The van der Waals surface area contributed by atoms with Crippen molar-refractivity contribution in [2.75, 3.05) is 16.1 Å². The highest BCUT2D eigenvalue weighted by molar-refractivity contribution is 5.80. The van der Waals surface area contributed by atoms with E-state index in [4.69, 9.17) is 5.26 Å². The summed E-state index contributed by atoms with van der Waals surface area (Å²) in [5, 5.41) is 19.4. The lowest BCUT2D eigenvalue weighted by molar-refractivity contribution is 1.04. The summed E-state index contributed by atoms with van der Waals surface area (Å²) in [5.41, 5.74) is 5.97. The van der Waals surface area contributed by atoms with Gasteiger partial charge in [-0.05, 0) is 42.0 Å². The lowest BCUT2D eigenvalue weighted by Crippen LogP contribution is -2.07. The molecule has 0 aliphatic rings. The zero-order chi connectivity index (χ0) is 21.3. The Hall–Kier alpha value is -4.77. The monoisotopic (exact) mass is 406 g/mol. The number of rotatable bonds is 7. The quantitative estimate of drug-likeness (QED) is 0.302. The van der Waals surface area contributed by atoms with Crippen molar-refractivity contribution in [3.63, 3.8) is 0 Å². The van der Waals surface area contributed by atoms with Crippen LogP contribution in [-0.4, -0.2) is 21.2 Å². The molecule has 0 aliphatic heterocycles. The van der Waals surface area contributed by atoms with E-state index >= 15 is 0 Å². The fraction of sp³-hybridized carbons (Fsp3) is 0. The largest absolute Gasteiger partial charge is 0.324 e. The summed E-state index contributed by atoms with van der Waals surface area (Å²) in [6.45, 7) is 0. The third-order valence-electron chi connectivity index (χ3n) is 4.11. The van der Waals surface area contributed by atoms with Gasteiger partial charge in [-0.1, -0.05) is 48.5 Å². The van der Waals surface area contributed by atoms with Gasteiger partial charge in [0.2, 0.25) is 17.8 Å². The summed E-state index contributed by atoms with van der Waals surface area (Å²) in [6.07, 6.45) is 1.62. The van der Waals surface area contributed by atoms with Crippen LogP contribution < -0.4 is 16.1 Å². The van der Waals surface area contributed by atoms with Crippen LogP contribution in [0.5, 0.6) is 0 Å². The van der Waals surface area contributed by atoms with Crippen molar-refractivity contribution >= 4 is 35.4 Å². The van der Waals surface area contributed by atoms with E-state index in [9.17, 15) is 0 Å². The molecule has 4 rings (SSSR count). The van der Waals surface area contributed by atoms with Crippen molar-refractivity contribution in [2.45, 2.75) is 0 Å². The van der Waals surface area contributed by atoms with E-state index in [1.807, 2.05) is 72.8 Å². The van der Waals surface area contributed by atoms with Gasteiger partial charge in [0.15, 0.2) is 0 Å². The third kappa shape index (κ3) is 5.62. The Morgan fingerprint density at radius 3 is 1.71 bits per heavy atom. The summed E-state index contributed by atoms with van der Waals surface area (Å²) in [7, 11) is 0. The first-order chi connectivity index (χ1) is 15.3. The highest BCUT2D eigenvalue weighted by Gasteiger charge is 2.07. The molecule has 0 bridgehead atoms. The molecule has 1 aromatic heterocycles. The van der Waals surface area contributed by atoms with Gasteiger partial charge in [-0.2, -0.15) is 25.3 Å². The van der Waals surface area contributed by atoms with Crippen LogP contribution in [0.3, 0.4) is 0 Å². The lowest BCUT2D eigenvalue weighted by Gasteiger charge is -2.10. The number of nitriles is 1. The first kappa shape index (κ1) is 19.5. The van der Waals surface area contributed by atoms with Crippen LogP contribution in [-0.2, 0) is 0 Å². The standard InChI is InChI=1S/C23H18N8/c24-15-17-11-13-18(14-12-17)16-25-31-23-29-21(26-19-7-3-1-4-8-19)28-22(30-23)27-20-9-5-2-6-10-20/h1-14,16H,(H3,26,27,28,29,30,31)/b25-16+. The summed E-state index contributed by atoms with van der Waals surface area (Å²) in [6, 6.07) is 28.4. The maximum atomic E-state index is 8.89. The van der Waals surface area contributed by atoms with E-state index in [2.05, 4.69) is 42.2 Å². The average molecular weight is 406 g/mol. The Balaban J connectivity index is 1.55. The molecule has 3 aromatic carbocycles. The zero-order valence-corrected chi connectivity index (χ0v) is 16.4. The number of benzene rings is 3. The molecule has 150 valence electrons. The maximum Gasteiger partial charge on any atom is 0.250 e. The van der Waals surface area contributed by atoms with Gasteiger partial charge in [0.25, 0.3) is 0 Å². The van der Waals surface area contributed by atoms with Gasteiger partial charge in [0.05, 0.1) is 17.8 Å². The summed E-state index contributed by atoms with van der Waals surface area (Å²) in [5.74, 6) is 1.02. The fourth-order valence-electron chi connectivity index (χ4n) is 2.65. The van der Waals surface area contributed by atoms with E-state index in [-0.39, 0.29) is 5.95 Å². The van der Waals surface area contributed by atoms with E-state index in [1.54, 1.807) is 18.3 Å². The minimum absolute atomic E-state index is 0.275. The smallest absolute Gasteiger partial charge is 0.250 e. The second kappa shape index (κ2) is 9.62. The summed E-state index contributed by atoms with van der Waals surface area (Å²) >= 11 is 0. The van der Waals surface area contributed by atoms with Crippen molar-refractivity contribution in [1.82, 2.24) is 15.0 Å². The molecule has 4 aromatic rings. The van der Waals surface area contributed by atoms with Crippen LogP contribution in [0.2, 0.25) is 0 Å². The van der Waals surface area contributed by atoms with E-state index in [0.717, 1.165) is 16.9 Å². The Labute approximate surface area is 179 Å². The molecule has 0 fully saturated rings. The van der Waals surface area contributed by atoms with Crippen molar-refractivity contribution in [2.24, 2.45) is 5.10 Å². The number of nitrogens with zero attached hydrogens (tertiary/aromatic N) is 5. The minimum atomic E-state index is 0.275. The highest BCUT2D eigenvalue weighted by atomic mass is 15.4. The van der Waals surface area contributed by atoms with Crippen molar-refractivity contribution in [1.29, 1.82) is 5.26 Å². The van der Waals surface area contributed by atoms with Crippen LogP contribution in [0.15, 0.2) is 90.0 Å². The topological polar surface area (TPSA) is 111 Å². The molecule has 0 amide bonds. The molecule has 0 radical (unpaired) electrons. The molecule has 8 heteroatoms. The number of hydrogen-bond donors (Lipinski definition) is 3. The van der Waals surface area contributed by atoms with Gasteiger partial charge >= 0.3 is 0 Å². The van der Waals surface area contributed by atoms with Crippen LogP contribution in [0.4, 0.5) is 29.2 Å². The van der Waals surface area contributed by atoms with E-state index < -0.39 is 0 Å². The zero-order valence-electron chi connectivity index (χ0n) is 16.4. The van der Waals surface area contributed by atoms with Gasteiger partial charge < -0.3 is 10.6 Å². The molecule has 3 N–H and O–H groups in total. The van der Waals surface area contributed by atoms with Crippen LogP contribution in [0, 0.1) is 11.3 Å². The number of nitrogens with one attached hydrogen (secondary N) is 3. The Bertz CT molecular complexity index is 1140. The number of aromatic nitrogens is 3. The molecule has 0 aliphatic carbocycles. The third-order valence-corrected chi connectivity index (χ3v) is 4.11. The SMILES string of the molecule is N#Cc1ccc(/C=N/Nc2nc(Nc3ccccc3)nc(Nc3ccccc3)n2)cc1. The Kier molecular flexibility index (Phi) is 6.07. The second-order valence-corrected chi connectivity index (χ2v) is 6.39. The molecule has 1 heterocycles. The second-order valence-electron chi connectivity index (χ2n) is 6.39. The van der Waals surface area contributed by atoms with Gasteiger partial charge in [0, 0.05) is 11.4 Å². The Morgan fingerprint density at radius 1 is 0.677 bits per heavy atom. The predicted octanol–water partition coefficient (Wildman–Crippen LogP) is 4.68. The fourth-order valence-corrected chi connectivity index (χ4v) is 2.65. The van der Waals surface area contributed by atoms with Crippen LogP contribution in [0.25, 0.3) is 0 Å². The van der Waals surface area contributed by atoms with Gasteiger partial charge in [0.1, 0.15) is 0 Å². The molecule has 0 spiro atoms. The van der Waals surface area contributed by atoms with E-state index in [1.165, 1.54) is 0 Å². The van der Waals surface area contributed by atoms with E-state index in [0.29, 0.717) is 17.5 Å². The van der Waals surface area contributed by atoms with Gasteiger partial charge in [-0.25, -0.2) is 5.43 Å². The molecule has 0 saturated heterocycles. The Morgan fingerprint density at radius 2 is 1.19 bits per heavy atom. The van der Waals surface area contributed by atoms with Crippen molar-refractivity contribution < 1.29 is 0 Å². The molecule has 0 atom stereocenters. The number of hydrogen-bond acceptors (Lipinski definition) is 8. The molecule has 0 unspecified atom stereocenters. The van der Waals surface area contributed by atoms with Gasteiger partial charge in [-0.3, -0.25) is 0 Å². The number of hydrazone groups is 1. The van der Waals surface area contributed by atoms with Crippen LogP contribution in [0.1, 0.15) is 11.1 Å². The summed E-state index contributed by atoms with van der Waals surface area (Å²) in [4.78, 5) is 13.2. The van der Waals surface area contributed by atoms with Gasteiger partial charge in [-0.15, -0.1) is 0 Å². The molecule has 8 nitrogen and oxygen atoms in total. The number of anilines is 5. The van der Waals surface area contributed by atoms with Crippen LogP contribution >= 0.6 is 0 Å². The molecule has 31 heavy (non-hydrogen) atoms. The first-order valence-corrected chi connectivity index (χ1v) is 9.48. The summed E-state index contributed by atoms with van der Waals surface area (Å²) < 4.78 is 0. The van der Waals surface area contributed by atoms with Crippen molar-refractivity contribution in [3.8, 4) is 6.07 Å². The minimum Gasteiger partial charge on any atom is -0.324 e. The average Bonchev–Trinajstić information content (AvgIpc) is 2.81.